The van der Waals surface area contributed by atoms with Gasteiger partial charge in [-0.1, -0.05) is 19.3 Å². The zero-order chi connectivity index (χ0) is 18.7. The normalized spacial score (nSPS) is 16.5. The molecule has 1 aliphatic carbocycles. The van der Waals surface area contributed by atoms with Gasteiger partial charge < -0.3 is 5.32 Å². The second-order valence-corrected chi connectivity index (χ2v) is 7.92. The Balaban J connectivity index is 2.39. The molecular weight excluding hydrogens is 359 g/mol. The molecule has 1 aliphatic rings. The average Bonchev–Trinajstić information content (AvgIpc) is 2.56. The minimum atomic E-state index is -4.76. The Kier molecular flexibility index (Phi) is 5.91. The van der Waals surface area contributed by atoms with Crippen LogP contribution in [0.2, 0.25) is 0 Å². The molecule has 2 rings (SSSR count). The van der Waals surface area contributed by atoms with Crippen LogP contribution in [-0.2, 0) is 21.0 Å². The molecule has 1 heterocycles. The van der Waals surface area contributed by atoms with Gasteiger partial charge in [0.15, 0.2) is 5.82 Å². The van der Waals surface area contributed by atoms with E-state index in [-0.39, 0.29) is 11.7 Å². The lowest BCUT2D eigenvalue weighted by Crippen LogP contribution is -2.27. The van der Waals surface area contributed by atoms with Crippen LogP contribution in [-0.4, -0.2) is 25.1 Å². The monoisotopic (exact) mass is 379 g/mol. The molecule has 1 fully saturated rings. The lowest BCUT2D eigenvalue weighted by Gasteiger charge is -2.23. The molecule has 0 spiro atoms. The van der Waals surface area contributed by atoms with Crippen LogP contribution < -0.4 is 10.0 Å². The highest BCUT2D eigenvalue weighted by atomic mass is 32.2. The van der Waals surface area contributed by atoms with Crippen LogP contribution in [0, 0.1) is 5.92 Å². The smallest absolute Gasteiger partial charge is 0.322 e. The van der Waals surface area contributed by atoms with Crippen LogP contribution in [0.15, 0.2) is 12.3 Å². The molecule has 1 aromatic rings. The van der Waals surface area contributed by atoms with E-state index in [1.807, 2.05) is 4.72 Å². The number of carbonyl (C=O) groups excluding carboxylic acids is 1. The van der Waals surface area contributed by atoms with Crippen molar-refractivity contribution in [2.45, 2.75) is 45.2 Å². The zero-order valence-corrected chi connectivity index (χ0v) is 14.5. The van der Waals surface area contributed by atoms with Gasteiger partial charge >= 0.3 is 6.18 Å². The van der Waals surface area contributed by atoms with Crippen molar-refractivity contribution in [3.05, 3.63) is 17.8 Å². The summed E-state index contributed by atoms with van der Waals surface area (Å²) in [6, 6.07) is 0.709. The molecule has 10 heteroatoms. The van der Waals surface area contributed by atoms with Crippen LogP contribution in [0.25, 0.3) is 0 Å². The highest BCUT2D eigenvalue weighted by Gasteiger charge is 2.36. The van der Waals surface area contributed by atoms with E-state index in [0.717, 1.165) is 25.5 Å². The number of amides is 1. The molecule has 0 saturated heterocycles. The van der Waals surface area contributed by atoms with Gasteiger partial charge in [-0.2, -0.15) is 13.2 Å². The first-order valence-corrected chi connectivity index (χ1v) is 9.67. The van der Waals surface area contributed by atoms with Crippen molar-refractivity contribution in [3.63, 3.8) is 0 Å². The predicted molar refractivity (Wildman–Crippen MR) is 87.5 cm³/mol. The number of sulfonamides is 1. The number of aromatic nitrogens is 1. The van der Waals surface area contributed by atoms with Gasteiger partial charge in [0, 0.05) is 12.1 Å². The third-order valence-electron chi connectivity index (χ3n) is 4.11. The molecule has 0 atom stereocenters. The summed E-state index contributed by atoms with van der Waals surface area (Å²) in [6.45, 7) is 1.34. The first kappa shape index (κ1) is 19.5. The maximum Gasteiger partial charge on any atom is 0.418 e. The van der Waals surface area contributed by atoms with Crippen molar-refractivity contribution in [1.29, 1.82) is 0 Å². The molecule has 0 bridgehead atoms. The molecule has 25 heavy (non-hydrogen) atoms. The molecule has 1 aromatic heterocycles. The summed E-state index contributed by atoms with van der Waals surface area (Å²) < 4.78 is 65.3. The number of rotatable bonds is 5. The molecule has 0 radical (unpaired) electrons. The highest BCUT2D eigenvalue weighted by molar-refractivity contribution is 7.92. The minimum absolute atomic E-state index is 0.332. The second kappa shape index (κ2) is 7.59. The van der Waals surface area contributed by atoms with Gasteiger partial charge in [-0.25, -0.2) is 13.4 Å². The number of alkyl halides is 3. The predicted octanol–water partition coefficient (Wildman–Crippen LogP) is 3.38. The van der Waals surface area contributed by atoms with Gasteiger partial charge in [0.05, 0.1) is 17.0 Å². The van der Waals surface area contributed by atoms with Crippen LogP contribution in [0.3, 0.4) is 0 Å². The third-order valence-corrected chi connectivity index (χ3v) is 5.38. The Hall–Kier alpha value is -1.84. The largest absolute Gasteiger partial charge is 0.418 e. The quantitative estimate of drug-likeness (QED) is 0.821. The average molecular weight is 379 g/mol. The van der Waals surface area contributed by atoms with Crippen LogP contribution in [0.4, 0.5) is 24.7 Å². The number of pyridine rings is 1. The lowest BCUT2D eigenvalue weighted by molar-refractivity contribution is -0.137. The number of nitrogens with zero attached hydrogens (tertiary/aromatic N) is 1. The summed E-state index contributed by atoms with van der Waals surface area (Å²) in [5, 5.41) is 2.25. The van der Waals surface area contributed by atoms with E-state index in [0.29, 0.717) is 18.9 Å². The fourth-order valence-corrected chi connectivity index (χ4v) is 3.31. The van der Waals surface area contributed by atoms with Crippen molar-refractivity contribution in [1.82, 2.24) is 4.98 Å². The lowest BCUT2D eigenvalue weighted by atomic mass is 9.88. The molecule has 0 aromatic carbocycles. The van der Waals surface area contributed by atoms with Crippen LogP contribution in [0.1, 0.15) is 44.6 Å². The highest BCUT2D eigenvalue weighted by Crippen LogP contribution is 2.38. The maximum absolute atomic E-state index is 13.3. The van der Waals surface area contributed by atoms with Crippen LogP contribution in [0.5, 0.6) is 0 Å². The summed E-state index contributed by atoms with van der Waals surface area (Å²) in [6.07, 6.45) is -0.0325. The van der Waals surface area contributed by atoms with E-state index in [4.69, 9.17) is 0 Å². The SMILES string of the molecule is CCS(=O)(=O)Nc1nccc(C(F)(F)F)c1NC(=O)C1CCCCC1. The van der Waals surface area contributed by atoms with Crippen molar-refractivity contribution in [2.24, 2.45) is 5.92 Å². The number of carbonyl (C=O) groups is 1. The summed E-state index contributed by atoms with van der Waals surface area (Å²) in [7, 11) is -3.85. The van der Waals surface area contributed by atoms with E-state index in [9.17, 15) is 26.4 Å². The zero-order valence-electron chi connectivity index (χ0n) is 13.7. The first-order chi connectivity index (χ1) is 11.6. The van der Waals surface area contributed by atoms with Gasteiger partial charge in [0.25, 0.3) is 0 Å². The van der Waals surface area contributed by atoms with Crippen molar-refractivity contribution >= 4 is 27.4 Å². The standard InChI is InChI=1S/C15H20F3N3O3S/c1-2-25(23,24)21-13-12(11(8-9-19-13)15(16,17)18)20-14(22)10-6-4-3-5-7-10/h8-10H,2-7H2,1H3,(H,19,21)(H,20,22). The van der Waals surface area contributed by atoms with Gasteiger partial charge in [0.1, 0.15) is 0 Å². The maximum atomic E-state index is 13.3. The Labute approximate surface area is 144 Å². The molecule has 1 saturated carbocycles. The van der Waals surface area contributed by atoms with E-state index in [1.54, 1.807) is 0 Å². The summed E-state index contributed by atoms with van der Waals surface area (Å²) in [5.74, 6) is -1.79. The summed E-state index contributed by atoms with van der Waals surface area (Å²) >= 11 is 0. The Bertz CT molecular complexity index is 729. The first-order valence-electron chi connectivity index (χ1n) is 8.01. The summed E-state index contributed by atoms with van der Waals surface area (Å²) in [5.41, 5.74) is -1.79. The fraction of sp³-hybridized carbons (Fsp3) is 0.600. The Morgan fingerprint density at radius 3 is 2.48 bits per heavy atom. The second-order valence-electron chi connectivity index (χ2n) is 5.91. The van der Waals surface area contributed by atoms with E-state index in [1.165, 1.54) is 6.92 Å². The third kappa shape index (κ3) is 5.07. The van der Waals surface area contributed by atoms with Crippen LogP contribution >= 0.6 is 0 Å². The van der Waals surface area contributed by atoms with Crippen molar-refractivity contribution in [3.8, 4) is 0 Å². The van der Waals surface area contributed by atoms with E-state index >= 15 is 0 Å². The number of hydrogen-bond acceptors (Lipinski definition) is 4. The van der Waals surface area contributed by atoms with E-state index < -0.39 is 39.2 Å². The molecule has 2 N–H and O–H groups in total. The Morgan fingerprint density at radius 2 is 1.92 bits per heavy atom. The number of halogens is 3. The number of hydrogen-bond donors (Lipinski definition) is 2. The number of nitrogens with one attached hydrogen (secondary N) is 2. The topological polar surface area (TPSA) is 88.2 Å². The van der Waals surface area contributed by atoms with Gasteiger partial charge in [-0.3, -0.25) is 9.52 Å². The molecule has 0 unspecified atom stereocenters. The van der Waals surface area contributed by atoms with Crippen molar-refractivity contribution in [2.75, 3.05) is 15.8 Å². The molecule has 0 aliphatic heterocycles. The minimum Gasteiger partial charge on any atom is -0.322 e. The molecular formula is C15H20F3N3O3S. The molecule has 140 valence electrons. The molecule has 1 amide bonds. The fourth-order valence-electron chi connectivity index (χ4n) is 2.71. The van der Waals surface area contributed by atoms with E-state index in [2.05, 4.69) is 10.3 Å². The summed E-state index contributed by atoms with van der Waals surface area (Å²) in [4.78, 5) is 16.0. The van der Waals surface area contributed by atoms with Gasteiger partial charge in [-0.05, 0) is 25.8 Å². The Morgan fingerprint density at radius 1 is 1.28 bits per heavy atom. The van der Waals surface area contributed by atoms with Gasteiger partial charge in [-0.15, -0.1) is 0 Å². The van der Waals surface area contributed by atoms with Crippen molar-refractivity contribution < 1.29 is 26.4 Å². The van der Waals surface area contributed by atoms with Gasteiger partial charge in [0.2, 0.25) is 15.9 Å². The number of anilines is 2. The molecule has 6 nitrogen and oxygen atoms in total.